The van der Waals surface area contributed by atoms with Crippen molar-refractivity contribution >= 4 is 5.91 Å². The van der Waals surface area contributed by atoms with E-state index in [9.17, 15) is 4.79 Å². The van der Waals surface area contributed by atoms with Crippen LogP contribution in [0.15, 0.2) is 18.5 Å². The predicted octanol–water partition coefficient (Wildman–Crippen LogP) is 1.42. The average molecular weight is 249 g/mol. The van der Waals surface area contributed by atoms with E-state index in [1.54, 1.807) is 0 Å². The van der Waals surface area contributed by atoms with Crippen molar-refractivity contribution < 1.29 is 4.79 Å². The summed E-state index contributed by atoms with van der Waals surface area (Å²) < 4.78 is 1.99. The fraction of sp³-hybridized carbons (Fsp3) is 0.643. The lowest BCUT2D eigenvalue weighted by atomic mass is 9.77. The first kappa shape index (κ1) is 13.1. The van der Waals surface area contributed by atoms with Crippen LogP contribution in [0.3, 0.4) is 0 Å². The van der Waals surface area contributed by atoms with Crippen LogP contribution in [-0.2, 0) is 18.4 Å². The van der Waals surface area contributed by atoms with Gasteiger partial charge in [-0.05, 0) is 36.4 Å². The molecule has 100 valence electrons. The highest BCUT2D eigenvalue weighted by Crippen LogP contribution is 2.30. The van der Waals surface area contributed by atoms with E-state index < -0.39 is 0 Å². The van der Waals surface area contributed by atoms with Crippen LogP contribution in [0.1, 0.15) is 32.3 Å². The van der Waals surface area contributed by atoms with Gasteiger partial charge in [0.2, 0.25) is 5.91 Å². The van der Waals surface area contributed by atoms with E-state index in [1.165, 1.54) is 0 Å². The zero-order chi connectivity index (χ0) is 13.2. The van der Waals surface area contributed by atoms with Crippen molar-refractivity contribution in [3.63, 3.8) is 0 Å². The Kier molecular flexibility index (Phi) is 3.76. The first-order valence-electron chi connectivity index (χ1n) is 6.61. The summed E-state index contributed by atoms with van der Waals surface area (Å²) in [5, 5.41) is 6.36. The molecule has 0 aliphatic carbocycles. The molecule has 4 nitrogen and oxygen atoms in total. The van der Waals surface area contributed by atoms with Gasteiger partial charge in [-0.25, -0.2) is 0 Å². The first-order chi connectivity index (χ1) is 8.49. The van der Waals surface area contributed by atoms with E-state index in [2.05, 4.69) is 24.5 Å². The highest BCUT2D eigenvalue weighted by atomic mass is 16.2. The smallest absolute Gasteiger partial charge is 0.237 e. The summed E-state index contributed by atoms with van der Waals surface area (Å²) in [4.78, 5) is 12.2. The van der Waals surface area contributed by atoms with E-state index in [0.29, 0.717) is 6.54 Å². The molecule has 1 aliphatic rings. The van der Waals surface area contributed by atoms with Crippen LogP contribution in [0.25, 0.3) is 0 Å². The molecule has 1 saturated heterocycles. The lowest BCUT2D eigenvalue weighted by Crippen LogP contribution is -2.55. The van der Waals surface area contributed by atoms with Gasteiger partial charge in [0.25, 0.3) is 0 Å². The van der Waals surface area contributed by atoms with Crippen LogP contribution in [0.4, 0.5) is 0 Å². The third kappa shape index (κ3) is 2.93. The van der Waals surface area contributed by atoms with Gasteiger partial charge in [-0.1, -0.05) is 13.8 Å². The molecule has 0 bridgehead atoms. The summed E-state index contributed by atoms with van der Waals surface area (Å²) >= 11 is 0. The molecule has 1 atom stereocenters. The van der Waals surface area contributed by atoms with Crippen LogP contribution in [0, 0.1) is 5.41 Å². The van der Waals surface area contributed by atoms with Crippen molar-refractivity contribution in [2.45, 2.75) is 39.3 Å². The Balaban J connectivity index is 1.91. The molecule has 1 aromatic rings. The number of aryl methyl sites for hydroxylation is 1. The number of carbonyl (C=O) groups excluding carboxylic acids is 1. The third-order valence-corrected chi connectivity index (χ3v) is 3.75. The summed E-state index contributed by atoms with van der Waals surface area (Å²) in [6.45, 7) is 5.86. The highest BCUT2D eigenvalue weighted by molar-refractivity contribution is 5.82. The summed E-state index contributed by atoms with van der Waals surface area (Å²) in [5.74, 6) is 0.114. The van der Waals surface area contributed by atoms with Crippen molar-refractivity contribution in [2.24, 2.45) is 12.5 Å². The highest BCUT2D eigenvalue weighted by Gasteiger charge is 2.36. The van der Waals surface area contributed by atoms with Crippen molar-refractivity contribution in [3.05, 3.63) is 24.0 Å². The maximum atomic E-state index is 12.2. The number of rotatable bonds is 3. The number of carbonyl (C=O) groups is 1. The minimum absolute atomic E-state index is 0.0407. The molecular formula is C14H23N3O. The molecule has 18 heavy (non-hydrogen) atoms. The SMILES string of the molecule is Cn1ccc(CNC(=O)C2NCCCC2(C)C)c1. The van der Waals surface area contributed by atoms with E-state index in [-0.39, 0.29) is 17.4 Å². The number of hydrogen-bond donors (Lipinski definition) is 2. The van der Waals surface area contributed by atoms with E-state index in [0.717, 1.165) is 24.9 Å². The summed E-state index contributed by atoms with van der Waals surface area (Å²) in [7, 11) is 1.98. The molecule has 2 heterocycles. The molecular weight excluding hydrogens is 226 g/mol. The van der Waals surface area contributed by atoms with Crippen LogP contribution < -0.4 is 10.6 Å². The van der Waals surface area contributed by atoms with Gasteiger partial charge in [-0.2, -0.15) is 0 Å². The van der Waals surface area contributed by atoms with Crippen molar-refractivity contribution in [1.29, 1.82) is 0 Å². The largest absolute Gasteiger partial charge is 0.357 e. The zero-order valence-corrected chi connectivity index (χ0v) is 11.5. The molecule has 0 radical (unpaired) electrons. The number of aromatic nitrogens is 1. The van der Waals surface area contributed by atoms with Gasteiger partial charge >= 0.3 is 0 Å². The van der Waals surface area contributed by atoms with Gasteiger partial charge in [0.15, 0.2) is 0 Å². The number of hydrogen-bond acceptors (Lipinski definition) is 2. The number of amides is 1. The molecule has 1 aliphatic heterocycles. The Labute approximate surface area is 109 Å². The number of nitrogens with zero attached hydrogens (tertiary/aromatic N) is 1. The average Bonchev–Trinajstić information content (AvgIpc) is 2.71. The van der Waals surface area contributed by atoms with E-state index in [4.69, 9.17) is 0 Å². The molecule has 4 heteroatoms. The fourth-order valence-electron chi connectivity index (χ4n) is 2.62. The maximum Gasteiger partial charge on any atom is 0.237 e. The molecule has 1 amide bonds. The maximum absolute atomic E-state index is 12.2. The second kappa shape index (κ2) is 5.14. The number of piperidine rings is 1. The molecule has 2 N–H and O–H groups in total. The van der Waals surface area contributed by atoms with Gasteiger partial charge in [-0.3, -0.25) is 4.79 Å². The molecule has 0 spiro atoms. The topological polar surface area (TPSA) is 46.1 Å². The van der Waals surface area contributed by atoms with Crippen molar-refractivity contribution in [1.82, 2.24) is 15.2 Å². The molecule has 0 saturated carbocycles. The Morgan fingerprint density at radius 3 is 3.00 bits per heavy atom. The third-order valence-electron chi connectivity index (χ3n) is 3.75. The number of nitrogens with one attached hydrogen (secondary N) is 2. The molecule has 1 unspecified atom stereocenters. The summed E-state index contributed by atoms with van der Waals surface area (Å²) in [6, 6.07) is 1.95. The normalized spacial score (nSPS) is 22.7. The minimum atomic E-state index is -0.0741. The van der Waals surface area contributed by atoms with Gasteiger partial charge < -0.3 is 15.2 Å². The van der Waals surface area contributed by atoms with Crippen LogP contribution in [-0.4, -0.2) is 23.1 Å². The van der Waals surface area contributed by atoms with Crippen LogP contribution >= 0.6 is 0 Å². The fourth-order valence-corrected chi connectivity index (χ4v) is 2.62. The first-order valence-corrected chi connectivity index (χ1v) is 6.61. The van der Waals surface area contributed by atoms with Gasteiger partial charge in [0.05, 0.1) is 6.04 Å². The monoisotopic (exact) mass is 249 g/mol. The van der Waals surface area contributed by atoms with E-state index >= 15 is 0 Å². The molecule has 1 fully saturated rings. The second-order valence-electron chi connectivity index (χ2n) is 5.88. The standard InChI is InChI=1S/C14H23N3O/c1-14(2)6-4-7-15-12(14)13(18)16-9-11-5-8-17(3)10-11/h5,8,10,12,15H,4,6-7,9H2,1-3H3,(H,16,18). The summed E-state index contributed by atoms with van der Waals surface area (Å²) in [5.41, 5.74) is 1.18. The quantitative estimate of drug-likeness (QED) is 0.851. The van der Waals surface area contributed by atoms with Crippen LogP contribution in [0.2, 0.25) is 0 Å². The van der Waals surface area contributed by atoms with Crippen molar-refractivity contribution in [3.8, 4) is 0 Å². The Bertz CT molecular complexity index is 422. The lowest BCUT2D eigenvalue weighted by molar-refractivity contribution is -0.126. The Hall–Kier alpha value is -1.29. The van der Waals surface area contributed by atoms with Gasteiger partial charge in [0, 0.05) is 26.0 Å². The second-order valence-corrected chi connectivity index (χ2v) is 5.88. The van der Waals surface area contributed by atoms with Gasteiger partial charge in [-0.15, -0.1) is 0 Å². The molecule has 1 aromatic heterocycles. The van der Waals surface area contributed by atoms with Crippen molar-refractivity contribution in [2.75, 3.05) is 6.54 Å². The van der Waals surface area contributed by atoms with E-state index in [1.807, 2.05) is 30.1 Å². The van der Waals surface area contributed by atoms with Crippen LogP contribution in [0.5, 0.6) is 0 Å². The lowest BCUT2D eigenvalue weighted by Gasteiger charge is -2.38. The zero-order valence-electron chi connectivity index (χ0n) is 11.5. The summed E-state index contributed by atoms with van der Waals surface area (Å²) in [6.07, 6.45) is 6.27. The molecule has 2 rings (SSSR count). The predicted molar refractivity (Wildman–Crippen MR) is 72.1 cm³/mol. The minimum Gasteiger partial charge on any atom is -0.357 e. The van der Waals surface area contributed by atoms with Gasteiger partial charge in [0.1, 0.15) is 0 Å². The Morgan fingerprint density at radius 2 is 2.39 bits per heavy atom. The Morgan fingerprint density at radius 1 is 1.61 bits per heavy atom. The molecule has 0 aromatic carbocycles.